The van der Waals surface area contributed by atoms with E-state index in [1.54, 1.807) is 10.6 Å². The molecule has 100 valence electrons. The van der Waals surface area contributed by atoms with Crippen LogP contribution < -0.4 is 11.3 Å². The lowest BCUT2D eigenvalue weighted by atomic mass is 10.2. The number of thiocarbonyl (C=S) groups is 1. The molecule has 0 saturated heterocycles. The number of nitrogens with two attached hydrogens (primary N) is 1. The summed E-state index contributed by atoms with van der Waals surface area (Å²) in [6.45, 7) is 7.79. The second-order valence-electron chi connectivity index (χ2n) is 4.68. The van der Waals surface area contributed by atoms with E-state index in [0.29, 0.717) is 31.2 Å². The third kappa shape index (κ3) is 3.92. The number of hydrogen-bond donors (Lipinski definition) is 1. The summed E-state index contributed by atoms with van der Waals surface area (Å²) < 4.78 is 7.13. The summed E-state index contributed by atoms with van der Waals surface area (Å²) in [5.74, 6) is 0.491. The molecule has 4 nitrogen and oxygen atoms in total. The fraction of sp³-hybridized carbons (Fsp3) is 0.538. The Balaban J connectivity index is 2.79. The van der Waals surface area contributed by atoms with Crippen LogP contribution in [0.4, 0.5) is 0 Å². The van der Waals surface area contributed by atoms with Crippen LogP contribution in [0.5, 0.6) is 0 Å². The van der Waals surface area contributed by atoms with Crippen molar-refractivity contribution in [1.29, 1.82) is 0 Å². The number of hydrogen-bond acceptors (Lipinski definition) is 3. The smallest absolute Gasteiger partial charge is 0.261 e. The van der Waals surface area contributed by atoms with Gasteiger partial charge in [0.05, 0.1) is 12.2 Å². The molecule has 0 radical (unpaired) electrons. The van der Waals surface area contributed by atoms with E-state index in [1.807, 2.05) is 13.0 Å². The molecular weight excluding hydrogens is 248 g/mol. The van der Waals surface area contributed by atoms with E-state index in [1.165, 1.54) is 0 Å². The summed E-state index contributed by atoms with van der Waals surface area (Å²) in [5.41, 5.74) is 6.64. The maximum absolute atomic E-state index is 12.1. The minimum Gasteiger partial charge on any atom is -0.389 e. The highest BCUT2D eigenvalue weighted by Crippen LogP contribution is 2.00. The Morgan fingerprint density at radius 2 is 2.17 bits per heavy atom. The van der Waals surface area contributed by atoms with Gasteiger partial charge in [0.15, 0.2) is 0 Å². The second-order valence-corrected chi connectivity index (χ2v) is 5.12. The van der Waals surface area contributed by atoms with Crippen molar-refractivity contribution < 1.29 is 4.74 Å². The summed E-state index contributed by atoms with van der Waals surface area (Å²) >= 11 is 4.86. The highest BCUT2D eigenvalue weighted by molar-refractivity contribution is 7.80. The van der Waals surface area contributed by atoms with Gasteiger partial charge in [-0.2, -0.15) is 0 Å². The molecule has 0 saturated carbocycles. The normalized spacial score (nSPS) is 10.9. The maximum Gasteiger partial charge on any atom is 0.261 e. The minimum absolute atomic E-state index is 0.136. The van der Waals surface area contributed by atoms with Crippen molar-refractivity contribution in [3.05, 3.63) is 33.7 Å². The summed E-state index contributed by atoms with van der Waals surface area (Å²) in [4.78, 5) is 12.2. The molecule has 1 heterocycles. The van der Waals surface area contributed by atoms with Crippen molar-refractivity contribution >= 4 is 17.2 Å². The van der Waals surface area contributed by atoms with Gasteiger partial charge in [-0.1, -0.05) is 26.1 Å². The van der Waals surface area contributed by atoms with Gasteiger partial charge in [-0.3, -0.25) is 4.79 Å². The zero-order chi connectivity index (χ0) is 13.7. The highest BCUT2D eigenvalue weighted by atomic mass is 32.1. The lowest BCUT2D eigenvalue weighted by Gasteiger charge is -2.12. The fourth-order valence-corrected chi connectivity index (χ4v) is 1.77. The molecule has 0 bridgehead atoms. The topological polar surface area (TPSA) is 57.2 Å². The summed E-state index contributed by atoms with van der Waals surface area (Å²) in [5, 5.41) is 0. The van der Waals surface area contributed by atoms with E-state index < -0.39 is 0 Å². The fourth-order valence-electron chi connectivity index (χ4n) is 1.61. The number of pyridine rings is 1. The van der Waals surface area contributed by atoms with Crippen LogP contribution in [-0.2, 0) is 11.3 Å². The van der Waals surface area contributed by atoms with Crippen molar-refractivity contribution in [3.8, 4) is 0 Å². The summed E-state index contributed by atoms with van der Waals surface area (Å²) in [6.07, 6.45) is 0. The van der Waals surface area contributed by atoms with Gasteiger partial charge < -0.3 is 15.0 Å². The lowest BCUT2D eigenvalue weighted by Crippen LogP contribution is -2.31. The highest BCUT2D eigenvalue weighted by Gasteiger charge is 2.08. The van der Waals surface area contributed by atoms with E-state index in [0.717, 1.165) is 5.69 Å². The Labute approximate surface area is 113 Å². The van der Waals surface area contributed by atoms with E-state index in [4.69, 9.17) is 22.7 Å². The molecule has 0 unspecified atom stereocenters. The molecule has 1 aromatic heterocycles. The van der Waals surface area contributed by atoms with Gasteiger partial charge in [0.25, 0.3) is 5.56 Å². The third-order valence-electron chi connectivity index (χ3n) is 2.57. The largest absolute Gasteiger partial charge is 0.389 e. The van der Waals surface area contributed by atoms with Crippen LogP contribution in [0, 0.1) is 12.8 Å². The van der Waals surface area contributed by atoms with E-state index in [9.17, 15) is 4.79 Å². The third-order valence-corrected chi connectivity index (χ3v) is 2.79. The van der Waals surface area contributed by atoms with Crippen molar-refractivity contribution in [2.45, 2.75) is 27.3 Å². The van der Waals surface area contributed by atoms with E-state index in [-0.39, 0.29) is 10.5 Å². The van der Waals surface area contributed by atoms with Crippen molar-refractivity contribution in [2.24, 2.45) is 11.7 Å². The molecule has 0 fully saturated rings. The average Bonchev–Trinajstić information content (AvgIpc) is 2.26. The Kier molecular flexibility index (Phi) is 5.50. The van der Waals surface area contributed by atoms with Crippen LogP contribution in [0.2, 0.25) is 0 Å². The molecule has 18 heavy (non-hydrogen) atoms. The summed E-state index contributed by atoms with van der Waals surface area (Å²) in [6, 6.07) is 3.52. The molecular formula is C13H20N2O2S. The lowest BCUT2D eigenvalue weighted by molar-refractivity contribution is 0.102. The predicted octanol–water partition coefficient (Wildman–Crippen LogP) is 1.46. The van der Waals surface area contributed by atoms with Crippen LogP contribution in [0.15, 0.2) is 16.9 Å². The van der Waals surface area contributed by atoms with Gasteiger partial charge in [-0.15, -0.1) is 0 Å². The molecule has 1 rings (SSSR count). The quantitative estimate of drug-likeness (QED) is 0.627. The number of aryl methyl sites for hydroxylation is 1. The molecule has 0 spiro atoms. The monoisotopic (exact) mass is 268 g/mol. The van der Waals surface area contributed by atoms with E-state index >= 15 is 0 Å². The molecule has 0 amide bonds. The number of ether oxygens (including phenoxy) is 1. The number of nitrogens with zero attached hydrogens (tertiary/aromatic N) is 1. The minimum atomic E-state index is -0.143. The van der Waals surface area contributed by atoms with Gasteiger partial charge in [0.1, 0.15) is 4.99 Å². The van der Waals surface area contributed by atoms with Gasteiger partial charge in [-0.25, -0.2) is 0 Å². The standard InChI is InChI=1S/C13H20N2O2S/c1-9(2)8-17-7-6-15-10(3)4-5-11(12(14)18)13(15)16/h4-5,9H,6-8H2,1-3H3,(H2,14,18). The van der Waals surface area contributed by atoms with Crippen LogP contribution >= 0.6 is 12.2 Å². The Bertz CT molecular complexity index is 480. The van der Waals surface area contributed by atoms with Gasteiger partial charge in [0, 0.05) is 18.8 Å². The Morgan fingerprint density at radius 1 is 1.50 bits per heavy atom. The first-order valence-electron chi connectivity index (χ1n) is 6.01. The van der Waals surface area contributed by atoms with Crippen LogP contribution in [0.3, 0.4) is 0 Å². The molecule has 1 aromatic rings. The van der Waals surface area contributed by atoms with Crippen molar-refractivity contribution in [1.82, 2.24) is 4.57 Å². The van der Waals surface area contributed by atoms with Gasteiger partial charge in [0.2, 0.25) is 0 Å². The number of aromatic nitrogens is 1. The van der Waals surface area contributed by atoms with Crippen molar-refractivity contribution in [3.63, 3.8) is 0 Å². The SMILES string of the molecule is Cc1ccc(C(N)=S)c(=O)n1CCOCC(C)C. The first-order chi connectivity index (χ1) is 8.43. The Morgan fingerprint density at radius 3 is 2.72 bits per heavy atom. The summed E-state index contributed by atoms with van der Waals surface area (Å²) in [7, 11) is 0. The van der Waals surface area contributed by atoms with Gasteiger partial charge >= 0.3 is 0 Å². The molecule has 0 atom stereocenters. The first kappa shape index (κ1) is 14.9. The zero-order valence-electron chi connectivity index (χ0n) is 11.1. The molecule has 2 N–H and O–H groups in total. The number of rotatable bonds is 6. The molecule has 0 aromatic carbocycles. The molecule has 0 aliphatic heterocycles. The zero-order valence-corrected chi connectivity index (χ0v) is 11.9. The van der Waals surface area contributed by atoms with E-state index in [2.05, 4.69) is 13.8 Å². The molecule has 0 aliphatic carbocycles. The predicted molar refractivity (Wildman–Crippen MR) is 77.0 cm³/mol. The maximum atomic E-state index is 12.1. The Hall–Kier alpha value is -1.20. The molecule has 5 heteroatoms. The molecule has 0 aliphatic rings. The van der Waals surface area contributed by atoms with Crippen LogP contribution in [0.25, 0.3) is 0 Å². The first-order valence-corrected chi connectivity index (χ1v) is 6.42. The van der Waals surface area contributed by atoms with Crippen molar-refractivity contribution in [2.75, 3.05) is 13.2 Å². The second kappa shape index (κ2) is 6.66. The van der Waals surface area contributed by atoms with Crippen LogP contribution in [0.1, 0.15) is 25.1 Å². The average molecular weight is 268 g/mol. The van der Waals surface area contributed by atoms with Gasteiger partial charge in [-0.05, 0) is 25.0 Å². The van der Waals surface area contributed by atoms with Crippen LogP contribution in [-0.4, -0.2) is 22.8 Å².